The van der Waals surface area contributed by atoms with Crippen LogP contribution in [0.4, 0.5) is 9.18 Å². The molecule has 3 amide bonds. The third kappa shape index (κ3) is 3.31. The molecule has 6 nitrogen and oxygen atoms in total. The summed E-state index contributed by atoms with van der Waals surface area (Å²) in [5, 5.41) is 5.36. The number of hydrogen-bond donors (Lipinski definition) is 2. The Morgan fingerprint density at radius 3 is 2.65 bits per heavy atom. The first-order chi connectivity index (χ1) is 12.3. The lowest BCUT2D eigenvalue weighted by Gasteiger charge is -2.36. The van der Waals surface area contributed by atoms with Gasteiger partial charge in [-0.3, -0.25) is 9.69 Å². The highest BCUT2D eigenvalue weighted by molar-refractivity contribution is 5.94. The molecule has 7 heteroatoms. The molecule has 5 atom stereocenters. The average Bonchev–Trinajstić information content (AvgIpc) is 2.85. The van der Waals surface area contributed by atoms with Crippen LogP contribution in [-0.2, 0) is 4.74 Å². The van der Waals surface area contributed by atoms with Gasteiger partial charge in [0.15, 0.2) is 11.9 Å². The number of hydrogen-bond acceptors (Lipinski definition) is 3. The van der Waals surface area contributed by atoms with Crippen LogP contribution in [0, 0.1) is 5.92 Å². The number of carbonyl (C=O) groups excluding carboxylic acids is 2. The second-order valence-corrected chi connectivity index (χ2v) is 6.89. The molecule has 3 rings (SSSR count). The van der Waals surface area contributed by atoms with Crippen molar-refractivity contribution in [3.8, 4) is 0 Å². The van der Waals surface area contributed by atoms with E-state index in [1.54, 1.807) is 37.3 Å². The van der Waals surface area contributed by atoms with Crippen LogP contribution >= 0.6 is 0 Å². The Morgan fingerprint density at radius 2 is 2.08 bits per heavy atom. The van der Waals surface area contributed by atoms with Crippen molar-refractivity contribution in [1.82, 2.24) is 15.5 Å². The summed E-state index contributed by atoms with van der Waals surface area (Å²) in [5.74, 6) is -0.629. The van der Waals surface area contributed by atoms with Crippen LogP contribution < -0.4 is 10.6 Å². The summed E-state index contributed by atoms with van der Waals surface area (Å²) in [6, 6.07) is 8.19. The molecule has 0 radical (unpaired) electrons. The molecule has 26 heavy (non-hydrogen) atoms. The van der Waals surface area contributed by atoms with Gasteiger partial charge >= 0.3 is 6.03 Å². The first-order valence-electron chi connectivity index (χ1n) is 8.82. The SMILES string of the molecule is CC[C@H]1O[C@@H](N2C=CC(NC(=O)c3ccccc3)NC2=O)[C@@](C)(F)C1C. The highest BCUT2D eigenvalue weighted by atomic mass is 19.1. The molecule has 1 aromatic carbocycles. The molecule has 0 spiro atoms. The molecule has 2 heterocycles. The molecule has 140 valence electrons. The minimum Gasteiger partial charge on any atom is -0.351 e. The second-order valence-electron chi connectivity index (χ2n) is 6.89. The topological polar surface area (TPSA) is 70.7 Å². The number of benzene rings is 1. The lowest BCUT2D eigenvalue weighted by Crippen LogP contribution is -2.58. The van der Waals surface area contributed by atoms with Gasteiger partial charge in [0.25, 0.3) is 5.91 Å². The number of alkyl halides is 1. The predicted octanol–water partition coefficient (Wildman–Crippen LogP) is 2.78. The standard InChI is InChI=1S/C19H24FN3O3/c1-4-14-12(2)19(3,20)17(26-14)23-11-10-15(22-18(23)25)21-16(24)13-8-6-5-7-9-13/h5-12,14-15,17H,4H2,1-3H3,(H,21,24)(H,22,25)/t12?,14-,15?,17-,19+/m1/s1. The lowest BCUT2D eigenvalue weighted by molar-refractivity contribution is -0.0642. The Hall–Kier alpha value is -2.41. The Morgan fingerprint density at radius 1 is 1.38 bits per heavy atom. The van der Waals surface area contributed by atoms with E-state index < -0.39 is 24.1 Å². The van der Waals surface area contributed by atoms with E-state index in [4.69, 9.17) is 4.74 Å². The average molecular weight is 361 g/mol. The minimum absolute atomic E-state index is 0.244. The number of nitrogens with zero attached hydrogens (tertiary/aromatic N) is 1. The molecule has 1 aromatic rings. The third-order valence-corrected chi connectivity index (χ3v) is 5.16. The number of ether oxygens (including phenoxy) is 1. The summed E-state index contributed by atoms with van der Waals surface area (Å²) in [6.45, 7) is 5.19. The quantitative estimate of drug-likeness (QED) is 0.866. The van der Waals surface area contributed by atoms with Gasteiger partial charge in [-0.05, 0) is 31.6 Å². The number of rotatable bonds is 4. The van der Waals surface area contributed by atoms with Crippen molar-refractivity contribution in [2.24, 2.45) is 5.92 Å². The Kier molecular flexibility index (Phi) is 5.00. The Bertz CT molecular complexity index is 707. The maximum Gasteiger partial charge on any atom is 0.325 e. The zero-order chi connectivity index (χ0) is 18.9. The van der Waals surface area contributed by atoms with Crippen molar-refractivity contribution in [2.45, 2.75) is 51.4 Å². The van der Waals surface area contributed by atoms with Crippen LogP contribution in [0.2, 0.25) is 0 Å². The Labute approximate surface area is 152 Å². The van der Waals surface area contributed by atoms with Crippen LogP contribution in [0.25, 0.3) is 0 Å². The van der Waals surface area contributed by atoms with Crippen molar-refractivity contribution in [3.63, 3.8) is 0 Å². The van der Waals surface area contributed by atoms with E-state index in [-0.39, 0.29) is 17.9 Å². The number of urea groups is 1. The van der Waals surface area contributed by atoms with Crippen LogP contribution in [-0.4, -0.2) is 41.0 Å². The smallest absolute Gasteiger partial charge is 0.325 e. The summed E-state index contributed by atoms with van der Waals surface area (Å²) < 4.78 is 20.9. The summed E-state index contributed by atoms with van der Waals surface area (Å²) in [4.78, 5) is 25.9. The fourth-order valence-electron chi connectivity index (χ4n) is 3.38. The number of halogens is 1. The highest BCUT2D eigenvalue weighted by Crippen LogP contribution is 2.42. The van der Waals surface area contributed by atoms with Gasteiger partial charge in [0.2, 0.25) is 0 Å². The first kappa shape index (κ1) is 18.4. The van der Waals surface area contributed by atoms with Crippen molar-refractivity contribution in [3.05, 3.63) is 48.2 Å². The molecule has 1 saturated heterocycles. The zero-order valence-electron chi connectivity index (χ0n) is 15.1. The highest BCUT2D eigenvalue weighted by Gasteiger charge is 2.55. The molecular formula is C19H24FN3O3. The second kappa shape index (κ2) is 7.07. The molecular weight excluding hydrogens is 337 g/mol. The van der Waals surface area contributed by atoms with Gasteiger partial charge in [0.05, 0.1) is 6.10 Å². The molecule has 1 fully saturated rings. The molecule has 2 N–H and O–H groups in total. The summed E-state index contributed by atoms with van der Waals surface area (Å²) >= 11 is 0. The van der Waals surface area contributed by atoms with Gasteiger partial charge in [0, 0.05) is 17.7 Å². The van der Waals surface area contributed by atoms with Gasteiger partial charge in [-0.25, -0.2) is 9.18 Å². The molecule has 0 saturated carbocycles. The van der Waals surface area contributed by atoms with Crippen molar-refractivity contribution >= 4 is 11.9 Å². The van der Waals surface area contributed by atoms with Gasteiger partial charge < -0.3 is 15.4 Å². The number of carbonyl (C=O) groups is 2. The molecule has 2 unspecified atom stereocenters. The summed E-state index contributed by atoms with van der Waals surface area (Å²) in [6.07, 6.45) is 1.84. The monoisotopic (exact) mass is 361 g/mol. The Balaban J connectivity index is 1.69. The van der Waals surface area contributed by atoms with E-state index in [9.17, 15) is 9.59 Å². The van der Waals surface area contributed by atoms with Crippen LogP contribution in [0.15, 0.2) is 42.6 Å². The van der Waals surface area contributed by atoms with Gasteiger partial charge in [0.1, 0.15) is 6.17 Å². The summed E-state index contributed by atoms with van der Waals surface area (Å²) in [5.41, 5.74) is -1.17. The van der Waals surface area contributed by atoms with E-state index in [0.29, 0.717) is 12.0 Å². The first-order valence-corrected chi connectivity index (χ1v) is 8.82. The maximum atomic E-state index is 15.1. The van der Waals surface area contributed by atoms with Crippen LogP contribution in [0.3, 0.4) is 0 Å². The normalized spacial score (nSPS) is 33.8. The van der Waals surface area contributed by atoms with E-state index in [1.807, 2.05) is 13.0 Å². The molecule has 0 aliphatic carbocycles. The maximum absolute atomic E-state index is 15.1. The van der Waals surface area contributed by atoms with E-state index in [2.05, 4.69) is 10.6 Å². The molecule has 2 aliphatic heterocycles. The van der Waals surface area contributed by atoms with E-state index in [0.717, 1.165) is 0 Å². The van der Waals surface area contributed by atoms with Gasteiger partial charge in [-0.15, -0.1) is 0 Å². The van der Waals surface area contributed by atoms with E-state index in [1.165, 1.54) is 18.0 Å². The van der Waals surface area contributed by atoms with Gasteiger partial charge in [-0.1, -0.05) is 32.0 Å². The number of nitrogens with one attached hydrogen (secondary N) is 2. The molecule has 2 aliphatic rings. The fourth-order valence-corrected chi connectivity index (χ4v) is 3.38. The van der Waals surface area contributed by atoms with Crippen molar-refractivity contribution in [2.75, 3.05) is 0 Å². The molecule has 0 aromatic heterocycles. The zero-order valence-corrected chi connectivity index (χ0v) is 15.1. The van der Waals surface area contributed by atoms with Crippen molar-refractivity contribution in [1.29, 1.82) is 0 Å². The largest absolute Gasteiger partial charge is 0.351 e. The van der Waals surface area contributed by atoms with Crippen molar-refractivity contribution < 1.29 is 18.7 Å². The van der Waals surface area contributed by atoms with Crippen LogP contribution in [0.1, 0.15) is 37.6 Å². The summed E-state index contributed by atoms with van der Waals surface area (Å²) in [7, 11) is 0. The van der Waals surface area contributed by atoms with Gasteiger partial charge in [-0.2, -0.15) is 0 Å². The number of amides is 3. The predicted molar refractivity (Wildman–Crippen MR) is 94.8 cm³/mol. The third-order valence-electron chi connectivity index (χ3n) is 5.16. The van der Waals surface area contributed by atoms with Crippen LogP contribution in [0.5, 0.6) is 0 Å². The molecule has 0 bridgehead atoms. The fraction of sp³-hybridized carbons (Fsp3) is 0.474. The van der Waals surface area contributed by atoms with E-state index >= 15 is 4.39 Å². The minimum atomic E-state index is -1.66. The lowest BCUT2D eigenvalue weighted by atomic mass is 9.88.